The van der Waals surface area contributed by atoms with Crippen molar-refractivity contribution in [2.75, 3.05) is 32.2 Å². The second-order valence-corrected chi connectivity index (χ2v) is 5.07. The number of carbonyl (C=O) groups excluding carboxylic acids is 1. The third-order valence-corrected chi connectivity index (χ3v) is 3.33. The number of nitrogen functional groups attached to an aromatic ring is 1. The summed E-state index contributed by atoms with van der Waals surface area (Å²) in [6.45, 7) is 2.57. The normalized spacial score (nSPS) is 10.2. The highest BCUT2D eigenvalue weighted by molar-refractivity contribution is 7.99. The molecular weight excluding hydrogens is 248 g/mol. The van der Waals surface area contributed by atoms with Crippen molar-refractivity contribution in [3.8, 4) is 5.75 Å². The zero-order valence-electron chi connectivity index (χ0n) is 11.1. The summed E-state index contributed by atoms with van der Waals surface area (Å²) in [6, 6.07) is 5.60. The molecule has 0 saturated heterocycles. The molecule has 0 unspecified atom stereocenters. The van der Waals surface area contributed by atoms with Crippen molar-refractivity contribution in [2.45, 2.75) is 12.7 Å². The van der Waals surface area contributed by atoms with Gasteiger partial charge in [0.1, 0.15) is 5.75 Å². The maximum atomic E-state index is 11.5. The average Bonchev–Trinajstić information content (AvgIpc) is 2.32. The lowest BCUT2D eigenvalue weighted by Crippen LogP contribution is -2.23. The predicted octanol–water partition coefficient (Wildman–Crippen LogP) is 1.99. The highest BCUT2D eigenvalue weighted by Crippen LogP contribution is 2.25. The molecule has 0 aliphatic heterocycles. The van der Waals surface area contributed by atoms with E-state index in [9.17, 15) is 4.79 Å². The summed E-state index contributed by atoms with van der Waals surface area (Å²) in [7, 11) is 3.52. The van der Waals surface area contributed by atoms with Crippen LogP contribution in [0.15, 0.2) is 18.2 Å². The van der Waals surface area contributed by atoms with Crippen LogP contribution in [-0.2, 0) is 10.5 Å². The number of carbonyl (C=O) groups is 1. The molecular formula is C13H20N2O2S. The van der Waals surface area contributed by atoms with Gasteiger partial charge in [-0.15, -0.1) is 11.8 Å². The molecule has 0 spiro atoms. The Labute approximate surface area is 112 Å². The number of amides is 1. The number of nitrogens with zero attached hydrogens (tertiary/aromatic N) is 1. The maximum Gasteiger partial charge on any atom is 0.232 e. The van der Waals surface area contributed by atoms with Crippen LogP contribution in [-0.4, -0.2) is 37.3 Å². The average molecular weight is 268 g/mol. The predicted molar refractivity (Wildman–Crippen MR) is 76.9 cm³/mol. The summed E-state index contributed by atoms with van der Waals surface area (Å²) in [5.74, 6) is 2.14. The fraction of sp³-hybridized carbons (Fsp3) is 0.462. The summed E-state index contributed by atoms with van der Waals surface area (Å²) in [6.07, 6.45) is 0. The Morgan fingerprint density at radius 2 is 2.17 bits per heavy atom. The van der Waals surface area contributed by atoms with Crippen LogP contribution in [0.2, 0.25) is 0 Å². The van der Waals surface area contributed by atoms with Gasteiger partial charge in [-0.05, 0) is 25.1 Å². The standard InChI is InChI=1S/C13H20N2O2S/c1-4-17-12-6-5-11(14)7-10(12)8-18-9-13(16)15(2)3/h5-7H,4,8-9,14H2,1-3H3. The van der Waals surface area contributed by atoms with Crippen LogP contribution < -0.4 is 10.5 Å². The van der Waals surface area contributed by atoms with Gasteiger partial charge in [0.05, 0.1) is 12.4 Å². The van der Waals surface area contributed by atoms with Crippen molar-refractivity contribution >= 4 is 23.4 Å². The van der Waals surface area contributed by atoms with Crippen LogP contribution in [0.25, 0.3) is 0 Å². The molecule has 100 valence electrons. The van der Waals surface area contributed by atoms with Crippen molar-refractivity contribution in [3.63, 3.8) is 0 Å². The summed E-state index contributed by atoms with van der Waals surface area (Å²) >= 11 is 1.56. The minimum atomic E-state index is 0.113. The number of benzene rings is 1. The first-order valence-electron chi connectivity index (χ1n) is 5.83. The van der Waals surface area contributed by atoms with E-state index in [2.05, 4.69) is 0 Å². The van der Waals surface area contributed by atoms with E-state index in [-0.39, 0.29) is 5.91 Å². The van der Waals surface area contributed by atoms with E-state index in [0.29, 0.717) is 18.0 Å². The summed E-state index contributed by atoms with van der Waals surface area (Å²) in [5, 5.41) is 0. The Morgan fingerprint density at radius 3 is 2.78 bits per heavy atom. The van der Waals surface area contributed by atoms with Gasteiger partial charge in [0.2, 0.25) is 5.91 Å². The Morgan fingerprint density at radius 1 is 1.44 bits per heavy atom. The zero-order chi connectivity index (χ0) is 13.5. The van der Waals surface area contributed by atoms with Crippen LogP contribution in [0.1, 0.15) is 12.5 Å². The van der Waals surface area contributed by atoms with E-state index in [1.165, 1.54) is 0 Å². The highest BCUT2D eigenvalue weighted by atomic mass is 32.2. The van der Waals surface area contributed by atoms with Crippen molar-refractivity contribution in [3.05, 3.63) is 23.8 Å². The van der Waals surface area contributed by atoms with Crippen LogP contribution in [0, 0.1) is 0 Å². The second-order valence-electron chi connectivity index (χ2n) is 4.08. The molecule has 18 heavy (non-hydrogen) atoms. The van der Waals surface area contributed by atoms with Gasteiger partial charge in [0.25, 0.3) is 0 Å². The molecule has 0 aliphatic rings. The topological polar surface area (TPSA) is 55.6 Å². The van der Waals surface area contributed by atoms with Crippen LogP contribution in [0.3, 0.4) is 0 Å². The lowest BCUT2D eigenvalue weighted by atomic mass is 10.2. The van der Waals surface area contributed by atoms with Gasteiger partial charge in [0.15, 0.2) is 0 Å². The van der Waals surface area contributed by atoms with Gasteiger partial charge < -0.3 is 15.4 Å². The fourth-order valence-corrected chi connectivity index (χ4v) is 2.37. The molecule has 5 heteroatoms. The molecule has 1 amide bonds. The Kier molecular flexibility index (Phi) is 5.85. The molecule has 1 aromatic rings. The van der Waals surface area contributed by atoms with Crippen LogP contribution >= 0.6 is 11.8 Å². The first kappa shape index (κ1) is 14.7. The van der Waals surface area contributed by atoms with Gasteiger partial charge in [-0.2, -0.15) is 0 Å². The number of hydrogen-bond acceptors (Lipinski definition) is 4. The SMILES string of the molecule is CCOc1ccc(N)cc1CSCC(=O)N(C)C. The summed E-state index contributed by atoms with van der Waals surface area (Å²) in [5.41, 5.74) is 7.51. The molecule has 0 atom stereocenters. The number of ether oxygens (including phenoxy) is 1. The Bertz CT molecular complexity index is 408. The molecule has 1 aromatic carbocycles. The number of anilines is 1. The quantitative estimate of drug-likeness (QED) is 0.802. The lowest BCUT2D eigenvalue weighted by molar-refractivity contribution is -0.125. The molecule has 0 bridgehead atoms. The van der Waals surface area contributed by atoms with Crippen molar-refractivity contribution in [1.82, 2.24) is 4.90 Å². The van der Waals surface area contributed by atoms with E-state index >= 15 is 0 Å². The first-order valence-corrected chi connectivity index (χ1v) is 6.99. The number of hydrogen-bond donors (Lipinski definition) is 1. The monoisotopic (exact) mass is 268 g/mol. The van der Waals surface area contributed by atoms with E-state index in [0.717, 1.165) is 17.1 Å². The molecule has 0 aromatic heterocycles. The molecule has 1 rings (SSSR count). The molecule has 4 nitrogen and oxygen atoms in total. The van der Waals surface area contributed by atoms with E-state index in [4.69, 9.17) is 10.5 Å². The van der Waals surface area contributed by atoms with Gasteiger partial charge in [-0.1, -0.05) is 0 Å². The highest BCUT2D eigenvalue weighted by Gasteiger charge is 2.07. The molecule has 0 heterocycles. The largest absolute Gasteiger partial charge is 0.494 e. The van der Waals surface area contributed by atoms with E-state index in [1.807, 2.05) is 25.1 Å². The van der Waals surface area contributed by atoms with Gasteiger partial charge in [-0.3, -0.25) is 4.79 Å². The molecule has 0 saturated carbocycles. The number of nitrogens with two attached hydrogens (primary N) is 1. The number of thioether (sulfide) groups is 1. The smallest absolute Gasteiger partial charge is 0.232 e. The molecule has 2 N–H and O–H groups in total. The zero-order valence-corrected chi connectivity index (χ0v) is 11.9. The van der Waals surface area contributed by atoms with Gasteiger partial charge in [-0.25, -0.2) is 0 Å². The Balaban J connectivity index is 2.60. The summed E-state index contributed by atoms with van der Waals surface area (Å²) < 4.78 is 5.53. The van der Waals surface area contributed by atoms with Gasteiger partial charge >= 0.3 is 0 Å². The van der Waals surface area contributed by atoms with E-state index < -0.39 is 0 Å². The third kappa shape index (κ3) is 4.49. The van der Waals surface area contributed by atoms with Crippen molar-refractivity contribution in [1.29, 1.82) is 0 Å². The van der Waals surface area contributed by atoms with Crippen LogP contribution in [0.5, 0.6) is 5.75 Å². The van der Waals surface area contributed by atoms with Gasteiger partial charge in [0, 0.05) is 31.1 Å². The minimum Gasteiger partial charge on any atom is -0.494 e. The number of rotatable bonds is 6. The summed E-state index contributed by atoms with van der Waals surface area (Å²) in [4.78, 5) is 13.1. The molecule has 0 aliphatic carbocycles. The van der Waals surface area contributed by atoms with Crippen LogP contribution in [0.4, 0.5) is 5.69 Å². The molecule has 0 fully saturated rings. The van der Waals surface area contributed by atoms with Crippen molar-refractivity contribution < 1.29 is 9.53 Å². The molecule has 0 radical (unpaired) electrons. The van der Waals surface area contributed by atoms with Crippen molar-refractivity contribution in [2.24, 2.45) is 0 Å². The lowest BCUT2D eigenvalue weighted by Gasteiger charge is -2.12. The maximum absolute atomic E-state index is 11.5. The first-order chi connectivity index (χ1) is 8.54. The van der Waals surface area contributed by atoms with E-state index in [1.54, 1.807) is 30.8 Å². The minimum absolute atomic E-state index is 0.113. The second kappa shape index (κ2) is 7.16. The Hall–Kier alpha value is -1.36. The fourth-order valence-electron chi connectivity index (χ4n) is 1.39. The third-order valence-electron chi connectivity index (χ3n) is 2.37.